The second-order valence-electron chi connectivity index (χ2n) is 7.43. The third kappa shape index (κ3) is 6.12. The topological polar surface area (TPSA) is 44.4 Å². The monoisotopic (exact) mass is 423 g/mol. The number of anilines is 2. The summed E-state index contributed by atoms with van der Waals surface area (Å²) in [4.78, 5) is 14.8. The molecule has 4 nitrogen and oxygen atoms in total. The molecular weight excluding hydrogens is 396 g/mol. The molecule has 1 amide bonds. The molecule has 1 aliphatic rings. The summed E-state index contributed by atoms with van der Waals surface area (Å²) in [6, 6.07) is 17.8. The van der Waals surface area contributed by atoms with Crippen molar-refractivity contribution in [2.75, 3.05) is 37.4 Å². The Kier molecular flexibility index (Phi) is 7.73. The summed E-state index contributed by atoms with van der Waals surface area (Å²) in [7, 11) is 3.75. The number of carbonyl (C=O) groups excluding carboxylic acids is 1. The maximum atomic E-state index is 13.4. The Morgan fingerprint density at radius 1 is 0.806 bits per heavy atom. The van der Waals surface area contributed by atoms with Crippen molar-refractivity contribution in [2.24, 2.45) is 0 Å². The van der Waals surface area contributed by atoms with Crippen LogP contribution in [0.2, 0.25) is 0 Å². The number of nitrogens with zero attached hydrogens (tertiary/aromatic N) is 1. The normalized spacial score (nSPS) is 12.8. The summed E-state index contributed by atoms with van der Waals surface area (Å²) < 4.78 is 26.8. The van der Waals surface area contributed by atoms with Crippen LogP contribution in [0, 0.1) is 11.6 Å². The van der Waals surface area contributed by atoms with Crippen LogP contribution < -0.4 is 15.5 Å². The van der Waals surface area contributed by atoms with E-state index in [0.29, 0.717) is 16.7 Å². The van der Waals surface area contributed by atoms with E-state index < -0.39 is 11.6 Å². The van der Waals surface area contributed by atoms with Gasteiger partial charge in [0.15, 0.2) is 0 Å². The van der Waals surface area contributed by atoms with Gasteiger partial charge in [0.2, 0.25) is 0 Å². The van der Waals surface area contributed by atoms with E-state index in [-0.39, 0.29) is 5.91 Å². The predicted molar refractivity (Wildman–Crippen MR) is 123 cm³/mol. The molecule has 1 heterocycles. The molecule has 4 rings (SSSR count). The lowest BCUT2D eigenvalue weighted by Gasteiger charge is -2.17. The molecule has 0 bridgehead atoms. The van der Waals surface area contributed by atoms with Crippen LogP contribution in [0.25, 0.3) is 11.1 Å². The van der Waals surface area contributed by atoms with E-state index in [0.717, 1.165) is 24.8 Å². The Bertz CT molecular complexity index is 978. The van der Waals surface area contributed by atoms with E-state index in [1.54, 1.807) is 24.3 Å². The molecule has 31 heavy (non-hydrogen) atoms. The number of benzene rings is 3. The van der Waals surface area contributed by atoms with Crippen LogP contribution in [0.5, 0.6) is 0 Å². The number of hydrogen-bond donors (Lipinski definition) is 2. The Morgan fingerprint density at radius 3 is 1.90 bits per heavy atom. The van der Waals surface area contributed by atoms with Gasteiger partial charge in [-0.3, -0.25) is 4.79 Å². The standard InChI is InChI=1S/C23H20F2N2O.C2H7N/c24-19-13-18(14-20(25)15-19)16-3-5-17(6-4-16)23(28)26-21-7-9-22(10-8-21)27-11-1-2-12-27;1-3-2/h3-10,13-15H,1-2,11-12H2,(H,26,28);3H,1-2H3. The number of rotatable bonds is 4. The van der Waals surface area contributed by atoms with Crippen LogP contribution >= 0.6 is 0 Å². The van der Waals surface area contributed by atoms with Crippen LogP contribution in [0.4, 0.5) is 20.2 Å². The molecule has 1 aliphatic heterocycles. The van der Waals surface area contributed by atoms with E-state index in [4.69, 9.17) is 0 Å². The number of nitrogens with one attached hydrogen (secondary N) is 2. The lowest BCUT2D eigenvalue weighted by molar-refractivity contribution is 0.102. The summed E-state index contributed by atoms with van der Waals surface area (Å²) in [5, 5.41) is 5.63. The van der Waals surface area contributed by atoms with Crippen molar-refractivity contribution in [1.82, 2.24) is 5.32 Å². The molecule has 0 aliphatic carbocycles. The van der Waals surface area contributed by atoms with E-state index in [1.165, 1.54) is 30.7 Å². The van der Waals surface area contributed by atoms with Crippen LogP contribution in [-0.4, -0.2) is 33.1 Å². The first-order valence-electron chi connectivity index (χ1n) is 10.3. The van der Waals surface area contributed by atoms with Gasteiger partial charge in [0.05, 0.1) is 0 Å². The van der Waals surface area contributed by atoms with Crippen molar-refractivity contribution in [2.45, 2.75) is 12.8 Å². The van der Waals surface area contributed by atoms with Gasteiger partial charge in [0.1, 0.15) is 11.6 Å². The zero-order chi connectivity index (χ0) is 22.2. The van der Waals surface area contributed by atoms with Crippen molar-refractivity contribution in [3.8, 4) is 11.1 Å². The van der Waals surface area contributed by atoms with Gasteiger partial charge in [-0.25, -0.2) is 8.78 Å². The Labute approximate surface area is 181 Å². The van der Waals surface area contributed by atoms with Crippen molar-refractivity contribution >= 4 is 17.3 Å². The second kappa shape index (κ2) is 10.7. The highest BCUT2D eigenvalue weighted by molar-refractivity contribution is 6.04. The van der Waals surface area contributed by atoms with Gasteiger partial charge < -0.3 is 15.5 Å². The van der Waals surface area contributed by atoms with Gasteiger partial charge in [-0.15, -0.1) is 0 Å². The summed E-state index contributed by atoms with van der Waals surface area (Å²) in [6.07, 6.45) is 2.44. The molecule has 6 heteroatoms. The van der Waals surface area contributed by atoms with Crippen molar-refractivity contribution < 1.29 is 13.6 Å². The molecule has 0 aromatic heterocycles. The molecule has 0 unspecified atom stereocenters. The first-order chi connectivity index (χ1) is 15.0. The molecule has 1 saturated heterocycles. The zero-order valence-electron chi connectivity index (χ0n) is 17.8. The van der Waals surface area contributed by atoms with Gasteiger partial charge in [0.25, 0.3) is 5.91 Å². The zero-order valence-corrected chi connectivity index (χ0v) is 17.8. The highest BCUT2D eigenvalue weighted by Crippen LogP contribution is 2.24. The summed E-state index contributed by atoms with van der Waals surface area (Å²) in [5.74, 6) is -1.49. The molecule has 3 aromatic carbocycles. The van der Waals surface area contributed by atoms with Gasteiger partial charge >= 0.3 is 0 Å². The highest BCUT2D eigenvalue weighted by Gasteiger charge is 2.12. The third-order valence-electron chi connectivity index (χ3n) is 4.94. The minimum absolute atomic E-state index is 0.231. The van der Waals surface area contributed by atoms with Crippen molar-refractivity contribution in [3.05, 3.63) is 83.9 Å². The quantitative estimate of drug-likeness (QED) is 0.597. The first kappa shape index (κ1) is 22.4. The smallest absolute Gasteiger partial charge is 0.255 e. The maximum Gasteiger partial charge on any atom is 0.255 e. The fourth-order valence-corrected chi connectivity index (χ4v) is 3.47. The molecule has 3 aromatic rings. The molecule has 0 saturated carbocycles. The number of amides is 1. The number of halogens is 2. The SMILES string of the molecule is CNC.O=C(Nc1ccc(N2CCCC2)cc1)c1ccc(-c2cc(F)cc(F)c2)cc1. The fourth-order valence-electron chi connectivity index (χ4n) is 3.47. The summed E-state index contributed by atoms with van der Waals surface area (Å²) >= 11 is 0. The lowest BCUT2D eigenvalue weighted by Crippen LogP contribution is -2.17. The predicted octanol–water partition coefficient (Wildman–Crippen LogP) is 5.32. The maximum absolute atomic E-state index is 13.4. The van der Waals surface area contributed by atoms with E-state index in [2.05, 4.69) is 15.5 Å². The van der Waals surface area contributed by atoms with Gasteiger partial charge in [0, 0.05) is 36.1 Å². The minimum atomic E-state index is -0.630. The van der Waals surface area contributed by atoms with Crippen LogP contribution in [0.3, 0.4) is 0 Å². The highest BCUT2D eigenvalue weighted by atomic mass is 19.1. The Balaban J connectivity index is 0.000000858. The van der Waals surface area contributed by atoms with E-state index in [1.807, 2.05) is 38.4 Å². The largest absolute Gasteiger partial charge is 0.372 e. The van der Waals surface area contributed by atoms with Crippen LogP contribution in [-0.2, 0) is 0 Å². The Morgan fingerprint density at radius 2 is 1.35 bits per heavy atom. The number of carbonyl (C=O) groups is 1. The number of hydrogen-bond acceptors (Lipinski definition) is 3. The molecular formula is C25H27F2N3O. The van der Waals surface area contributed by atoms with E-state index in [9.17, 15) is 13.6 Å². The Hall–Kier alpha value is -3.25. The van der Waals surface area contributed by atoms with Gasteiger partial charge in [-0.2, -0.15) is 0 Å². The van der Waals surface area contributed by atoms with Crippen LogP contribution in [0.1, 0.15) is 23.2 Å². The lowest BCUT2D eigenvalue weighted by atomic mass is 10.0. The average Bonchev–Trinajstić information content (AvgIpc) is 3.29. The summed E-state index contributed by atoms with van der Waals surface area (Å²) in [5.41, 5.74) is 3.45. The first-order valence-corrected chi connectivity index (χ1v) is 10.3. The minimum Gasteiger partial charge on any atom is -0.372 e. The van der Waals surface area contributed by atoms with Gasteiger partial charge in [-0.05, 0) is 86.6 Å². The molecule has 0 atom stereocenters. The van der Waals surface area contributed by atoms with Gasteiger partial charge in [-0.1, -0.05) is 12.1 Å². The van der Waals surface area contributed by atoms with Crippen molar-refractivity contribution in [1.29, 1.82) is 0 Å². The average molecular weight is 424 g/mol. The molecule has 162 valence electrons. The van der Waals surface area contributed by atoms with Crippen molar-refractivity contribution in [3.63, 3.8) is 0 Å². The van der Waals surface area contributed by atoms with E-state index >= 15 is 0 Å². The molecule has 0 radical (unpaired) electrons. The van der Waals surface area contributed by atoms with Crippen LogP contribution in [0.15, 0.2) is 66.7 Å². The summed E-state index contributed by atoms with van der Waals surface area (Å²) in [6.45, 7) is 2.15. The third-order valence-corrected chi connectivity index (χ3v) is 4.94. The molecule has 2 N–H and O–H groups in total. The second-order valence-corrected chi connectivity index (χ2v) is 7.43. The fraction of sp³-hybridized carbons (Fsp3) is 0.240. The molecule has 1 fully saturated rings. The molecule has 0 spiro atoms.